The van der Waals surface area contributed by atoms with Gasteiger partial charge in [-0.05, 0) is 80.4 Å². The second kappa shape index (κ2) is 10.7. The molecule has 0 spiro atoms. The number of amides is 2. The lowest BCUT2D eigenvalue weighted by molar-refractivity contribution is -0.146. The Morgan fingerprint density at radius 2 is 1.72 bits per heavy atom. The molecular formula is C27H30Cl2N4O3. The maximum atomic E-state index is 12.8. The molecule has 2 fully saturated rings. The van der Waals surface area contributed by atoms with Gasteiger partial charge in [-0.3, -0.25) is 9.69 Å². The Morgan fingerprint density at radius 1 is 1.00 bits per heavy atom. The molecule has 36 heavy (non-hydrogen) atoms. The molecule has 1 unspecified atom stereocenters. The van der Waals surface area contributed by atoms with Gasteiger partial charge in [0.1, 0.15) is 6.04 Å². The number of aromatic nitrogens is 1. The van der Waals surface area contributed by atoms with E-state index >= 15 is 0 Å². The topological polar surface area (TPSA) is 88.7 Å². The third kappa shape index (κ3) is 5.19. The summed E-state index contributed by atoms with van der Waals surface area (Å²) in [7, 11) is 0. The van der Waals surface area contributed by atoms with Crippen molar-refractivity contribution in [2.45, 2.75) is 37.6 Å². The molecule has 3 heterocycles. The van der Waals surface area contributed by atoms with Crippen LogP contribution in [0.3, 0.4) is 0 Å². The standard InChI is InChI=1S/C27H30Cl2N4O3/c28-19-5-6-24(22(29)15-19)31-27(36)33-13-9-18(10-14-33)25(26(34)35)32-11-7-17(8-12-32)21-16-30-23-4-2-1-3-20(21)23/h1-6,15-18,25,30H,7-14H2,(H,31,36)(H,34,35). The number of carboxylic acids is 1. The average molecular weight is 529 g/mol. The van der Waals surface area contributed by atoms with Crippen LogP contribution in [0.4, 0.5) is 10.5 Å². The molecule has 1 aromatic heterocycles. The van der Waals surface area contributed by atoms with E-state index in [1.54, 1.807) is 23.1 Å². The summed E-state index contributed by atoms with van der Waals surface area (Å²) < 4.78 is 0. The molecule has 0 saturated carbocycles. The zero-order chi connectivity index (χ0) is 25.2. The quantitative estimate of drug-likeness (QED) is 0.376. The number of likely N-dealkylation sites (tertiary alicyclic amines) is 2. The van der Waals surface area contributed by atoms with Crippen LogP contribution in [-0.4, -0.2) is 64.1 Å². The molecule has 7 nitrogen and oxygen atoms in total. The molecule has 2 aromatic carbocycles. The fourth-order valence-corrected chi connectivity index (χ4v) is 6.24. The number of H-pyrrole nitrogens is 1. The van der Waals surface area contributed by atoms with Gasteiger partial charge in [-0.15, -0.1) is 0 Å². The van der Waals surface area contributed by atoms with Crippen LogP contribution in [0.25, 0.3) is 10.9 Å². The summed E-state index contributed by atoms with van der Waals surface area (Å²) in [5, 5.41) is 15.1. The number of hydrogen-bond donors (Lipinski definition) is 3. The number of benzene rings is 2. The minimum absolute atomic E-state index is 0.00955. The first-order valence-electron chi connectivity index (χ1n) is 12.4. The van der Waals surface area contributed by atoms with Crippen LogP contribution in [0.2, 0.25) is 10.0 Å². The Bertz CT molecular complexity index is 1250. The van der Waals surface area contributed by atoms with Crippen LogP contribution in [0.5, 0.6) is 0 Å². The largest absolute Gasteiger partial charge is 0.480 e. The highest BCUT2D eigenvalue weighted by atomic mass is 35.5. The summed E-state index contributed by atoms with van der Waals surface area (Å²) in [4.78, 5) is 32.3. The number of carbonyl (C=O) groups is 2. The number of urea groups is 1. The first-order valence-corrected chi connectivity index (χ1v) is 13.2. The third-order valence-electron chi connectivity index (χ3n) is 7.68. The first-order chi connectivity index (χ1) is 17.4. The molecule has 3 N–H and O–H groups in total. The number of anilines is 1. The maximum absolute atomic E-state index is 12.8. The predicted octanol–water partition coefficient (Wildman–Crippen LogP) is 6.05. The Balaban J connectivity index is 1.17. The number of carboxylic acid groups (broad SMARTS) is 1. The second-order valence-corrected chi connectivity index (χ2v) is 10.6. The maximum Gasteiger partial charge on any atom is 0.321 e. The van der Waals surface area contributed by atoms with Crippen LogP contribution in [-0.2, 0) is 4.79 Å². The van der Waals surface area contributed by atoms with Crippen molar-refractivity contribution in [2.24, 2.45) is 5.92 Å². The molecule has 2 aliphatic rings. The molecular weight excluding hydrogens is 499 g/mol. The summed E-state index contributed by atoms with van der Waals surface area (Å²) >= 11 is 12.1. The second-order valence-electron chi connectivity index (χ2n) is 9.76. The Labute approximate surface area is 220 Å². The van der Waals surface area contributed by atoms with Gasteiger partial charge in [0.05, 0.1) is 10.7 Å². The van der Waals surface area contributed by atoms with Crippen molar-refractivity contribution in [1.82, 2.24) is 14.8 Å². The van der Waals surface area contributed by atoms with E-state index in [2.05, 4.69) is 39.6 Å². The van der Waals surface area contributed by atoms with Crippen LogP contribution in [0.1, 0.15) is 37.2 Å². The molecule has 0 radical (unpaired) electrons. The smallest absolute Gasteiger partial charge is 0.321 e. The number of piperidine rings is 2. The fraction of sp³-hybridized carbons (Fsp3) is 0.407. The van der Waals surface area contributed by atoms with Gasteiger partial charge < -0.3 is 20.3 Å². The van der Waals surface area contributed by atoms with E-state index in [-0.39, 0.29) is 11.9 Å². The van der Waals surface area contributed by atoms with E-state index in [9.17, 15) is 14.7 Å². The lowest BCUT2D eigenvalue weighted by Gasteiger charge is -2.41. The predicted molar refractivity (Wildman–Crippen MR) is 143 cm³/mol. The van der Waals surface area contributed by atoms with E-state index in [1.807, 2.05) is 6.07 Å². The van der Waals surface area contributed by atoms with Crippen molar-refractivity contribution in [2.75, 3.05) is 31.5 Å². The van der Waals surface area contributed by atoms with Gasteiger partial charge in [0.25, 0.3) is 0 Å². The van der Waals surface area contributed by atoms with E-state index in [0.29, 0.717) is 47.6 Å². The summed E-state index contributed by atoms with van der Waals surface area (Å²) in [6, 6.07) is 12.5. The van der Waals surface area contributed by atoms with Gasteiger partial charge >= 0.3 is 12.0 Å². The number of carbonyl (C=O) groups excluding carboxylic acids is 1. The van der Waals surface area contributed by atoms with Gasteiger partial charge in [0, 0.05) is 35.2 Å². The van der Waals surface area contributed by atoms with Crippen molar-refractivity contribution in [3.05, 3.63) is 64.3 Å². The number of hydrogen-bond acceptors (Lipinski definition) is 3. The van der Waals surface area contributed by atoms with E-state index in [0.717, 1.165) is 31.4 Å². The number of fused-ring (bicyclic) bond motifs is 1. The fourth-order valence-electron chi connectivity index (χ4n) is 5.78. The number of aliphatic carboxylic acids is 1. The molecule has 0 aliphatic carbocycles. The van der Waals surface area contributed by atoms with Gasteiger partial charge in [0.15, 0.2) is 0 Å². The van der Waals surface area contributed by atoms with Crippen molar-refractivity contribution in [1.29, 1.82) is 0 Å². The lowest BCUT2D eigenvalue weighted by atomic mass is 9.84. The lowest BCUT2D eigenvalue weighted by Crippen LogP contribution is -2.52. The van der Waals surface area contributed by atoms with Crippen LogP contribution >= 0.6 is 23.2 Å². The Hall–Kier alpha value is -2.74. The monoisotopic (exact) mass is 528 g/mol. The normalized spacial score (nSPS) is 18.9. The Kier molecular flexibility index (Phi) is 7.42. The van der Waals surface area contributed by atoms with Gasteiger partial charge in [-0.25, -0.2) is 4.79 Å². The van der Waals surface area contributed by atoms with Crippen molar-refractivity contribution in [3.63, 3.8) is 0 Å². The van der Waals surface area contributed by atoms with Crippen LogP contribution in [0, 0.1) is 5.92 Å². The number of halogens is 2. The summed E-state index contributed by atoms with van der Waals surface area (Å²) in [5.41, 5.74) is 2.99. The highest BCUT2D eigenvalue weighted by Gasteiger charge is 2.38. The van der Waals surface area contributed by atoms with Gasteiger partial charge in [-0.2, -0.15) is 0 Å². The summed E-state index contributed by atoms with van der Waals surface area (Å²) in [6.45, 7) is 2.54. The average Bonchev–Trinajstić information content (AvgIpc) is 3.31. The first kappa shape index (κ1) is 24.9. The molecule has 2 aliphatic heterocycles. The molecule has 2 amide bonds. The number of para-hydroxylation sites is 1. The summed E-state index contributed by atoms with van der Waals surface area (Å²) in [6.07, 6.45) is 5.29. The van der Waals surface area contributed by atoms with E-state index < -0.39 is 12.0 Å². The third-order valence-corrected chi connectivity index (χ3v) is 8.23. The molecule has 1 atom stereocenters. The number of nitrogens with zero attached hydrogens (tertiary/aromatic N) is 2. The minimum atomic E-state index is -0.767. The number of rotatable bonds is 5. The molecule has 0 bridgehead atoms. The number of nitrogens with one attached hydrogen (secondary N) is 2. The van der Waals surface area contributed by atoms with Crippen molar-refractivity contribution >= 4 is 51.8 Å². The van der Waals surface area contributed by atoms with Crippen molar-refractivity contribution < 1.29 is 14.7 Å². The Morgan fingerprint density at radius 3 is 2.42 bits per heavy atom. The highest BCUT2D eigenvalue weighted by molar-refractivity contribution is 6.36. The van der Waals surface area contributed by atoms with Gasteiger partial charge in [0.2, 0.25) is 0 Å². The van der Waals surface area contributed by atoms with Crippen molar-refractivity contribution in [3.8, 4) is 0 Å². The van der Waals surface area contributed by atoms with E-state index in [4.69, 9.17) is 23.2 Å². The molecule has 190 valence electrons. The molecule has 3 aromatic rings. The summed E-state index contributed by atoms with van der Waals surface area (Å²) in [5.74, 6) is -0.330. The van der Waals surface area contributed by atoms with Gasteiger partial charge in [-0.1, -0.05) is 41.4 Å². The zero-order valence-electron chi connectivity index (χ0n) is 19.9. The molecule has 2 saturated heterocycles. The number of aromatic amines is 1. The van der Waals surface area contributed by atoms with Crippen LogP contribution < -0.4 is 5.32 Å². The van der Waals surface area contributed by atoms with E-state index in [1.165, 1.54) is 10.9 Å². The minimum Gasteiger partial charge on any atom is -0.480 e. The SMILES string of the molecule is O=C(O)C(C1CCN(C(=O)Nc2ccc(Cl)cc2Cl)CC1)N1CCC(c2c[nH]c3ccccc23)CC1. The molecule has 5 rings (SSSR count). The zero-order valence-corrected chi connectivity index (χ0v) is 21.4. The highest BCUT2D eigenvalue weighted by Crippen LogP contribution is 2.35. The molecule has 9 heteroatoms. The van der Waals surface area contributed by atoms with Crippen LogP contribution in [0.15, 0.2) is 48.7 Å².